The molecule has 0 aliphatic carbocycles. The summed E-state index contributed by atoms with van der Waals surface area (Å²) in [6.07, 6.45) is 4.18. The number of benzene rings is 7. The van der Waals surface area contributed by atoms with Crippen LogP contribution in [0.25, 0.3) is 16.6 Å². The molecule has 7 aromatic carbocycles. The van der Waals surface area contributed by atoms with Crippen LogP contribution in [0.5, 0.6) is 0 Å². The number of aromatic nitrogens is 2. The number of carboxylic acids is 2. The van der Waals surface area contributed by atoms with Crippen molar-refractivity contribution in [1.29, 1.82) is 0 Å². The molecule has 0 radical (unpaired) electrons. The van der Waals surface area contributed by atoms with Crippen LogP contribution in [0.15, 0.2) is 149 Å². The van der Waals surface area contributed by atoms with Gasteiger partial charge in [-0.1, -0.05) is 62.0 Å². The summed E-state index contributed by atoms with van der Waals surface area (Å²) in [5.41, 5.74) is -3.05. The first-order valence-electron chi connectivity index (χ1n) is 31.6. The molecule has 9 rings (SSSR count). The molecular weight excluding hydrogens is 1470 g/mol. The van der Waals surface area contributed by atoms with Crippen molar-refractivity contribution < 1.29 is 150 Å². The number of halogens is 10. The van der Waals surface area contributed by atoms with Crippen molar-refractivity contribution >= 4 is 70.2 Å². The smallest absolute Gasteiger partial charge is 0.870 e. The van der Waals surface area contributed by atoms with Crippen LogP contribution in [-0.2, 0) is 56.4 Å². The Balaban J connectivity index is 0.00000136. The standard InChI is InChI=1S/C26H20F2N2O5.C12H12F2O3.C12H8F2O3.C10H8F2O3.C7H4F2O.C5H6O2.C4H8O2.CH4.Li.H2O/c1-29-21-8-3-2-5-18(21)24(32)30(26(29)35)17-11-9-15(10-12-17)13-16(25(33)34)14-22(31)23-19(27)6-4-7-20(23)28;2*1-2-17-11(16)7-6-10(15)12-8(13)4-3-5-9(12)14;11-6-2-1-3-7(12)10(6)8(13)4-5-9(14)15;8-6-2-1-3-7(9)5(6)4-10;1-3-5(6)7-4-2;5-4-2-1-3-6-4;;;/h2-12,16H,13-14H2,1H3,(H,33,34);3-5H,2,6-7H2,1H3;3-5H,2H2,1H3;1-3H,4-5H2,(H,14,15);1-4H;1H,4H2,2H3;4-5H,1-3H2;1H4;;1H2/q;;;;;;;;+1;/p-1. The molecule has 1 aliphatic heterocycles. The number of aliphatic hydroxyl groups excluding tert-OH is 1. The first kappa shape index (κ1) is 98.1. The predicted molar refractivity (Wildman–Crippen MR) is 371 cm³/mol. The van der Waals surface area contributed by atoms with Gasteiger partial charge in [0, 0.05) is 51.2 Å². The number of terminal acetylenes is 1. The normalized spacial score (nSPS) is 11.3. The molecule has 0 spiro atoms. The van der Waals surface area contributed by atoms with Crippen molar-refractivity contribution in [3.05, 3.63) is 252 Å². The van der Waals surface area contributed by atoms with E-state index in [0.717, 1.165) is 103 Å². The van der Waals surface area contributed by atoms with Gasteiger partial charge in [0.15, 0.2) is 29.9 Å². The van der Waals surface area contributed by atoms with Gasteiger partial charge in [-0.2, -0.15) is 0 Å². The van der Waals surface area contributed by atoms with Gasteiger partial charge in [0.05, 0.1) is 77.4 Å². The van der Waals surface area contributed by atoms with E-state index in [4.69, 9.17) is 14.9 Å². The minimum Gasteiger partial charge on any atom is -0.870 e. The van der Waals surface area contributed by atoms with E-state index in [2.05, 4.69) is 20.6 Å². The number of aliphatic carboxylic acids is 2. The molecule has 4 N–H and O–H groups in total. The van der Waals surface area contributed by atoms with Gasteiger partial charge in [-0.05, 0) is 130 Å². The van der Waals surface area contributed by atoms with E-state index in [-0.39, 0.29) is 70.5 Å². The van der Waals surface area contributed by atoms with Crippen LogP contribution in [0.3, 0.4) is 0 Å². The third-order valence-electron chi connectivity index (χ3n) is 13.9. The van der Waals surface area contributed by atoms with Gasteiger partial charge in [-0.25, -0.2) is 62.9 Å². The largest absolute Gasteiger partial charge is 1.00 e. The number of nitrogens with zero attached hydrogens (tertiary/aromatic N) is 2. The molecule has 0 saturated carbocycles. The maximum atomic E-state index is 13.9. The molecule has 580 valence electrons. The maximum absolute atomic E-state index is 13.9. The number of carboxylic acid groups (broad SMARTS) is 2. The van der Waals surface area contributed by atoms with Crippen LogP contribution in [-0.4, -0.2) is 122 Å². The van der Waals surface area contributed by atoms with E-state index in [0.29, 0.717) is 28.8 Å². The summed E-state index contributed by atoms with van der Waals surface area (Å²) in [5.74, 6) is -13.5. The molecule has 110 heavy (non-hydrogen) atoms. The third-order valence-corrected chi connectivity index (χ3v) is 13.9. The molecule has 2 unspecified atom stereocenters. The number of aliphatic hydroxyl groups is 1. The van der Waals surface area contributed by atoms with Gasteiger partial charge in [0.25, 0.3) is 5.56 Å². The Morgan fingerprint density at radius 1 is 0.564 bits per heavy atom. The fourth-order valence-electron chi connectivity index (χ4n) is 8.89. The number of ether oxygens (including phenoxy) is 4. The quantitative estimate of drug-likeness (QED) is 0.00736. The summed E-state index contributed by atoms with van der Waals surface area (Å²) < 4.78 is 152. The fraction of sp³-hybridized carbons (Fsp3) is 0.247. The van der Waals surface area contributed by atoms with Crippen molar-refractivity contribution in [2.75, 3.05) is 26.4 Å². The Bertz CT molecular complexity index is 4640. The summed E-state index contributed by atoms with van der Waals surface area (Å²) in [7, 11) is 1.56. The number of aryl methyl sites for hydroxylation is 1. The maximum Gasteiger partial charge on any atom is 1.00 e. The van der Waals surface area contributed by atoms with E-state index in [9.17, 15) is 107 Å². The Kier molecular flexibility index (Phi) is 45.1. The van der Waals surface area contributed by atoms with Crippen LogP contribution in [0.4, 0.5) is 43.9 Å². The Labute approximate surface area is 634 Å². The van der Waals surface area contributed by atoms with Crippen molar-refractivity contribution in [2.45, 2.75) is 85.9 Å². The first-order valence-corrected chi connectivity index (χ1v) is 31.6. The van der Waals surface area contributed by atoms with Crippen LogP contribution < -0.4 is 30.1 Å². The molecule has 33 heteroatoms. The van der Waals surface area contributed by atoms with Crippen molar-refractivity contribution in [1.82, 2.24) is 9.13 Å². The van der Waals surface area contributed by atoms with Crippen molar-refractivity contribution in [3.63, 3.8) is 0 Å². The summed E-state index contributed by atoms with van der Waals surface area (Å²) in [5, 5.41) is 26.8. The summed E-state index contributed by atoms with van der Waals surface area (Å²) in [4.78, 5) is 136. The summed E-state index contributed by atoms with van der Waals surface area (Å²) in [6.45, 7) is 6.31. The second-order valence-corrected chi connectivity index (χ2v) is 21.3. The summed E-state index contributed by atoms with van der Waals surface area (Å²) in [6, 6.07) is 28.3. The van der Waals surface area contributed by atoms with Gasteiger partial charge in [-0.3, -0.25) is 47.7 Å². The topological polar surface area (TPSA) is 342 Å². The molecular formula is C77H71F10LiN2O20. The number of rotatable bonds is 20. The van der Waals surface area contributed by atoms with Gasteiger partial charge in [-0.15, -0.1) is 6.42 Å². The number of hydrogen-bond donors (Lipinski definition) is 3. The van der Waals surface area contributed by atoms with E-state index in [1.165, 1.54) is 28.8 Å². The molecule has 1 aliphatic rings. The van der Waals surface area contributed by atoms with Gasteiger partial charge in [0.2, 0.25) is 5.78 Å². The van der Waals surface area contributed by atoms with E-state index >= 15 is 0 Å². The predicted octanol–water partition coefficient (Wildman–Crippen LogP) is 9.24. The Morgan fingerprint density at radius 2 is 0.982 bits per heavy atom. The van der Waals surface area contributed by atoms with Gasteiger partial charge >= 0.3 is 54.4 Å². The number of carbonyl (C=O) groups excluding carboxylic acids is 8. The van der Waals surface area contributed by atoms with Crippen LogP contribution in [0.2, 0.25) is 0 Å². The molecule has 0 amide bonds. The molecule has 1 fully saturated rings. The van der Waals surface area contributed by atoms with Crippen molar-refractivity contribution in [3.8, 4) is 29.9 Å². The van der Waals surface area contributed by atoms with E-state index in [1.54, 1.807) is 70.1 Å². The summed E-state index contributed by atoms with van der Waals surface area (Å²) >= 11 is 0. The number of ketones is 4. The second kappa shape index (κ2) is 50.6. The zero-order valence-corrected chi connectivity index (χ0v) is 58.6. The van der Waals surface area contributed by atoms with Crippen LogP contribution in [0.1, 0.15) is 130 Å². The Morgan fingerprint density at radius 3 is 1.35 bits per heavy atom. The number of Topliss-reactive ketones (excluding diaryl/α,β-unsaturated/α-hetero) is 4. The van der Waals surface area contributed by atoms with Crippen LogP contribution >= 0.6 is 0 Å². The van der Waals surface area contributed by atoms with Crippen LogP contribution in [0, 0.1) is 88.3 Å². The molecule has 2 heterocycles. The minimum atomic E-state index is -1.29. The first-order chi connectivity index (χ1) is 50.8. The Hall–Kier alpha value is -11.9. The SMILES string of the molecule is C.C#CC(=O)OCC.CCOC(=O)C#CC(=O)c1c(F)cccc1F.CCOC(=O)CCC(=O)c1c(F)cccc1F.Cn1c(=O)n(-c2ccc(CC(CC(=O)c3c(F)cccc3F)C(=O)O)cc2)c(=O)c2ccccc21.O=C(O)CCC(=O)c1c(F)cccc1F.O=Cc1c(F)cccc1F.OC1CCCO1.[Li+].[OH-]. The average molecular weight is 1540 g/mol. The number of hydrogen-bond acceptors (Lipinski definition) is 18. The molecule has 22 nitrogen and oxygen atoms in total. The number of fused-ring (bicyclic) bond motifs is 1. The number of aldehydes is 1. The molecule has 1 saturated heterocycles. The zero-order valence-electron chi connectivity index (χ0n) is 58.6. The average Bonchev–Trinajstić information content (AvgIpc) is 0.794. The number of para-hydroxylation sites is 1. The molecule has 1 aromatic heterocycles. The van der Waals surface area contributed by atoms with E-state index < -0.39 is 182 Å². The number of carbonyl (C=O) groups is 10. The van der Waals surface area contributed by atoms with Crippen molar-refractivity contribution in [2.24, 2.45) is 13.0 Å². The molecule has 2 atom stereocenters. The molecule has 0 bridgehead atoms. The fourth-order valence-corrected chi connectivity index (χ4v) is 8.89. The third kappa shape index (κ3) is 31.5. The van der Waals surface area contributed by atoms with Gasteiger partial charge in [0.1, 0.15) is 63.7 Å². The zero-order chi connectivity index (χ0) is 80.0. The number of esters is 3. The second-order valence-electron chi connectivity index (χ2n) is 21.3. The molecule has 8 aromatic rings. The van der Waals surface area contributed by atoms with E-state index in [1.807, 2.05) is 11.8 Å². The minimum absolute atomic E-state index is 0. The monoisotopic (exact) mass is 1540 g/mol. The van der Waals surface area contributed by atoms with Gasteiger partial charge < -0.3 is 39.7 Å².